The molecule has 1 saturated heterocycles. The molecule has 1 aliphatic rings. The van der Waals surface area contributed by atoms with E-state index in [4.69, 9.17) is 10.3 Å². The van der Waals surface area contributed by atoms with Crippen LogP contribution in [0.5, 0.6) is 0 Å². The molecule has 1 fully saturated rings. The Kier molecular flexibility index (Phi) is 5.35. The van der Waals surface area contributed by atoms with Crippen molar-refractivity contribution in [3.63, 3.8) is 0 Å². The maximum atomic E-state index is 12.9. The number of alkyl halides is 1. The Morgan fingerprint density at radius 3 is 2.75 bits per heavy atom. The van der Waals surface area contributed by atoms with Crippen molar-refractivity contribution in [3.05, 3.63) is 45.8 Å². The zero-order valence-electron chi connectivity index (χ0n) is 11.5. The summed E-state index contributed by atoms with van der Waals surface area (Å²) in [7, 11) is 1.49. The van der Waals surface area contributed by atoms with Crippen LogP contribution >= 0.6 is 0 Å². The van der Waals surface area contributed by atoms with Crippen molar-refractivity contribution in [1.82, 2.24) is 5.32 Å². The van der Waals surface area contributed by atoms with Crippen molar-refractivity contribution in [1.29, 1.82) is 0 Å². The van der Waals surface area contributed by atoms with E-state index < -0.39 is 18.8 Å². The lowest BCUT2D eigenvalue weighted by Crippen LogP contribution is -2.20. The number of halogens is 1. The molecule has 0 bridgehead atoms. The third kappa shape index (κ3) is 3.28. The number of rotatable bonds is 6. The fourth-order valence-electron chi connectivity index (χ4n) is 2.64. The van der Waals surface area contributed by atoms with Gasteiger partial charge in [0.2, 0.25) is 0 Å². The summed E-state index contributed by atoms with van der Waals surface area (Å²) < 4.78 is 18.2. The van der Waals surface area contributed by atoms with Crippen molar-refractivity contribution in [2.45, 2.75) is 31.0 Å². The number of ether oxygens (including phenoxy) is 1. The third-order valence-electron chi connectivity index (χ3n) is 3.69. The van der Waals surface area contributed by atoms with E-state index in [1.807, 2.05) is 24.3 Å². The minimum Gasteiger partial charge on any atom is -0.376 e. The molecule has 1 aromatic carbocycles. The molecule has 1 N–H and O–H groups in total. The highest BCUT2D eigenvalue weighted by Gasteiger charge is 2.23. The van der Waals surface area contributed by atoms with Gasteiger partial charge < -0.3 is 10.1 Å². The van der Waals surface area contributed by atoms with Gasteiger partial charge in [0.25, 0.3) is 0 Å². The first-order chi connectivity index (χ1) is 9.80. The maximum Gasteiger partial charge on any atom is 0.101 e. The second-order valence-corrected chi connectivity index (χ2v) is 4.90. The number of azide groups is 1. The predicted octanol–water partition coefficient (Wildman–Crippen LogP) is 3.45. The first-order valence-corrected chi connectivity index (χ1v) is 6.76. The molecule has 108 valence electrons. The minimum atomic E-state index is -0.833. The number of benzene rings is 1. The molecule has 1 aliphatic heterocycles. The van der Waals surface area contributed by atoms with Gasteiger partial charge in [-0.05, 0) is 36.0 Å². The molecule has 0 saturated carbocycles. The molecular formula is C14H19FN4O. The second-order valence-electron chi connectivity index (χ2n) is 4.90. The van der Waals surface area contributed by atoms with Crippen molar-refractivity contribution >= 4 is 0 Å². The fraction of sp³-hybridized carbons (Fsp3) is 0.571. The topological polar surface area (TPSA) is 70.0 Å². The summed E-state index contributed by atoms with van der Waals surface area (Å²) in [5.41, 5.74) is 10.5. The first-order valence-electron chi connectivity index (χ1n) is 6.76. The van der Waals surface area contributed by atoms with E-state index in [-0.39, 0.29) is 0 Å². The fourth-order valence-corrected chi connectivity index (χ4v) is 2.64. The van der Waals surface area contributed by atoms with Crippen molar-refractivity contribution < 1.29 is 9.13 Å². The Morgan fingerprint density at radius 2 is 2.25 bits per heavy atom. The molecule has 0 radical (unpaired) electrons. The van der Waals surface area contributed by atoms with Crippen LogP contribution < -0.4 is 5.32 Å². The monoisotopic (exact) mass is 278 g/mol. The van der Waals surface area contributed by atoms with Crippen LogP contribution in [0.25, 0.3) is 10.4 Å². The Labute approximate surface area is 117 Å². The van der Waals surface area contributed by atoms with Crippen LogP contribution in [0.2, 0.25) is 0 Å². The first kappa shape index (κ1) is 14.8. The highest BCUT2D eigenvalue weighted by Crippen LogP contribution is 2.27. The van der Waals surface area contributed by atoms with Gasteiger partial charge in [0, 0.05) is 18.1 Å². The van der Waals surface area contributed by atoms with Crippen molar-refractivity contribution in [2.24, 2.45) is 5.11 Å². The summed E-state index contributed by atoms with van der Waals surface area (Å²) in [6.07, 6.45) is 1.77. The minimum absolute atomic E-state index is 0.402. The van der Waals surface area contributed by atoms with Gasteiger partial charge in [0.1, 0.15) is 6.67 Å². The van der Waals surface area contributed by atoms with E-state index in [0.717, 1.165) is 18.5 Å². The van der Waals surface area contributed by atoms with Gasteiger partial charge in [-0.2, -0.15) is 0 Å². The third-order valence-corrected chi connectivity index (χ3v) is 3.69. The molecule has 20 heavy (non-hydrogen) atoms. The smallest absolute Gasteiger partial charge is 0.101 e. The molecule has 6 heteroatoms. The molecule has 0 amide bonds. The van der Waals surface area contributed by atoms with Crippen LogP contribution in [0, 0.1) is 0 Å². The summed E-state index contributed by atoms with van der Waals surface area (Å²) in [6.45, 7) is 0.308. The van der Waals surface area contributed by atoms with Crippen LogP contribution in [-0.2, 0) is 4.74 Å². The Bertz CT molecular complexity index is 467. The van der Waals surface area contributed by atoms with Gasteiger partial charge in [-0.15, -0.1) is 0 Å². The largest absolute Gasteiger partial charge is 0.376 e. The lowest BCUT2D eigenvalue weighted by atomic mass is 9.99. The normalized spacial score (nSPS) is 21.2. The van der Waals surface area contributed by atoms with Crippen LogP contribution in [0.15, 0.2) is 29.4 Å². The van der Waals surface area contributed by atoms with Crippen molar-refractivity contribution in [3.8, 4) is 0 Å². The number of nitrogens with one attached hydrogen (secondary N) is 1. The maximum absolute atomic E-state index is 12.9. The van der Waals surface area contributed by atoms with Crippen LogP contribution in [0.3, 0.4) is 0 Å². The standard InChI is InChI=1S/C14H19FN4O/c1-20-14(13(9-15)18-19-16)11-6-4-10(5-7-11)12-3-2-8-17-12/h4-7,12-14,17H,2-3,8-9H2,1H3/t12?,13-,14-/m1/s1. The lowest BCUT2D eigenvalue weighted by molar-refractivity contribution is 0.0722. The molecule has 0 spiro atoms. The van der Waals surface area contributed by atoms with Gasteiger partial charge in [-0.1, -0.05) is 29.4 Å². The Balaban J connectivity index is 2.15. The average Bonchev–Trinajstić information content (AvgIpc) is 3.02. The molecule has 2 rings (SSSR count). The second kappa shape index (κ2) is 7.24. The zero-order valence-corrected chi connectivity index (χ0v) is 11.5. The summed E-state index contributed by atoms with van der Waals surface area (Å²) in [5, 5.41) is 6.89. The van der Waals surface area contributed by atoms with Gasteiger partial charge >= 0.3 is 0 Å². The molecule has 0 aliphatic carbocycles. The van der Waals surface area contributed by atoms with E-state index in [0.29, 0.717) is 6.04 Å². The zero-order chi connectivity index (χ0) is 14.4. The van der Waals surface area contributed by atoms with Crippen LogP contribution in [0.1, 0.15) is 36.1 Å². The molecular weight excluding hydrogens is 259 g/mol. The molecule has 1 heterocycles. The van der Waals surface area contributed by atoms with Gasteiger partial charge in [0.15, 0.2) is 0 Å². The summed E-state index contributed by atoms with van der Waals surface area (Å²) >= 11 is 0. The van der Waals surface area contributed by atoms with Gasteiger partial charge in [-0.3, -0.25) is 4.39 Å². The number of hydrogen-bond donors (Lipinski definition) is 1. The molecule has 5 nitrogen and oxygen atoms in total. The highest BCUT2D eigenvalue weighted by molar-refractivity contribution is 5.28. The van der Waals surface area contributed by atoms with E-state index in [2.05, 4.69) is 15.3 Å². The number of hydrogen-bond acceptors (Lipinski definition) is 3. The molecule has 3 atom stereocenters. The lowest BCUT2D eigenvalue weighted by Gasteiger charge is -2.21. The quantitative estimate of drug-likeness (QED) is 0.492. The Morgan fingerprint density at radius 1 is 1.50 bits per heavy atom. The molecule has 0 aromatic heterocycles. The summed E-state index contributed by atoms with van der Waals surface area (Å²) in [4.78, 5) is 2.68. The van der Waals surface area contributed by atoms with E-state index in [1.165, 1.54) is 19.1 Å². The van der Waals surface area contributed by atoms with E-state index in [9.17, 15) is 4.39 Å². The number of nitrogens with zero attached hydrogens (tertiary/aromatic N) is 3. The van der Waals surface area contributed by atoms with Crippen LogP contribution in [-0.4, -0.2) is 26.4 Å². The van der Waals surface area contributed by atoms with E-state index >= 15 is 0 Å². The predicted molar refractivity (Wildman–Crippen MR) is 75.1 cm³/mol. The van der Waals surface area contributed by atoms with E-state index in [1.54, 1.807) is 0 Å². The van der Waals surface area contributed by atoms with Crippen LogP contribution in [0.4, 0.5) is 4.39 Å². The highest BCUT2D eigenvalue weighted by atomic mass is 19.1. The summed E-state index contributed by atoms with van der Waals surface area (Å²) in [5.74, 6) is 0. The Hall–Kier alpha value is -1.62. The van der Waals surface area contributed by atoms with Crippen molar-refractivity contribution in [2.75, 3.05) is 20.3 Å². The molecule has 1 aromatic rings. The molecule has 1 unspecified atom stereocenters. The number of methoxy groups -OCH3 is 1. The summed E-state index contributed by atoms with van der Waals surface area (Å²) in [6, 6.07) is 7.45. The van der Waals surface area contributed by atoms with Gasteiger partial charge in [0.05, 0.1) is 12.1 Å². The van der Waals surface area contributed by atoms with Gasteiger partial charge in [-0.25, -0.2) is 0 Å². The average molecular weight is 278 g/mol. The SMILES string of the molecule is CO[C@H](c1ccc(C2CCCN2)cc1)[C@@H](CF)N=[N+]=[N-].